The molecule has 0 aromatic heterocycles. The summed E-state index contributed by atoms with van der Waals surface area (Å²) in [6.07, 6.45) is -0.222. The Hall–Kier alpha value is -3.46. The summed E-state index contributed by atoms with van der Waals surface area (Å²) in [5.74, 6) is -13.7. The van der Waals surface area contributed by atoms with E-state index in [1.165, 1.54) is 18.2 Å². The van der Waals surface area contributed by atoms with Crippen molar-refractivity contribution >= 4 is 40.9 Å². The molecular weight excluding hydrogens is 394 g/mol. The molecule has 2 saturated carbocycles. The smallest absolute Gasteiger partial charge is 0.235 e. The van der Waals surface area contributed by atoms with Gasteiger partial charge < -0.3 is 20.7 Å². The summed E-state index contributed by atoms with van der Waals surface area (Å²) in [6.45, 7) is 3.89. The Morgan fingerprint density at radius 2 is 1.87 bits per heavy atom. The molecule has 0 aliphatic heterocycles. The van der Waals surface area contributed by atoms with Gasteiger partial charge in [-0.25, -0.2) is 0 Å². The number of rotatable bonds is 2. The number of fused-ring (bicyclic) bond motifs is 3. The summed E-state index contributed by atoms with van der Waals surface area (Å²) in [5, 5.41) is 21.3. The van der Waals surface area contributed by atoms with E-state index in [1.54, 1.807) is 0 Å². The number of nitrogens with two attached hydrogens (primary N) is 1. The Balaban J connectivity index is 1.95. The van der Waals surface area contributed by atoms with Crippen molar-refractivity contribution in [3.63, 3.8) is 0 Å². The van der Waals surface area contributed by atoms with E-state index in [4.69, 9.17) is 5.73 Å². The highest BCUT2D eigenvalue weighted by atomic mass is 16.3. The zero-order valence-corrected chi connectivity index (χ0v) is 15.5. The van der Waals surface area contributed by atoms with Crippen molar-refractivity contribution in [1.82, 2.24) is 0 Å². The summed E-state index contributed by atoms with van der Waals surface area (Å²) < 4.78 is 0. The van der Waals surface area contributed by atoms with Gasteiger partial charge >= 0.3 is 0 Å². The molecule has 30 heavy (non-hydrogen) atoms. The molecule has 3 aliphatic carbocycles. The number of aldehydes is 1. The monoisotopic (exact) mass is 411 g/mol. The molecule has 6 atom stereocenters. The zero-order valence-electron chi connectivity index (χ0n) is 15.5. The lowest BCUT2D eigenvalue weighted by molar-refractivity contribution is -0.179. The molecule has 9 heteroatoms. The standard InChI is InChI=1S/C21H17NO8/c1-7-8-3-2-4-11(24)14(8)17(26)16-13(7)9(6-23)10-5-12(25)15(20(22)29)18(27)21(10,30)19(16)28/h2-4,6,9-10,13,15-16,24,30H,1,5H2,(H2,22,29)/t9-,10-,13+,15?,16?,21-/m1/s1. The van der Waals surface area contributed by atoms with E-state index >= 15 is 0 Å². The Morgan fingerprint density at radius 1 is 1.20 bits per heavy atom. The van der Waals surface area contributed by atoms with Crippen LogP contribution < -0.4 is 5.73 Å². The zero-order chi connectivity index (χ0) is 22.1. The lowest BCUT2D eigenvalue weighted by Gasteiger charge is -2.51. The number of hydrogen-bond acceptors (Lipinski definition) is 8. The molecular formula is C21H17NO8. The Bertz CT molecular complexity index is 1090. The van der Waals surface area contributed by atoms with Gasteiger partial charge in [-0.2, -0.15) is 0 Å². The van der Waals surface area contributed by atoms with Gasteiger partial charge in [-0.1, -0.05) is 18.7 Å². The summed E-state index contributed by atoms with van der Waals surface area (Å²) >= 11 is 0. The number of aromatic hydroxyl groups is 1. The highest BCUT2D eigenvalue weighted by Crippen LogP contribution is 2.55. The molecule has 0 saturated heterocycles. The molecule has 4 rings (SSSR count). The van der Waals surface area contributed by atoms with Gasteiger partial charge in [0.2, 0.25) is 5.91 Å². The predicted molar refractivity (Wildman–Crippen MR) is 98.8 cm³/mol. The normalized spacial score (nSPS) is 35.4. The van der Waals surface area contributed by atoms with Crippen molar-refractivity contribution in [3.05, 3.63) is 35.9 Å². The predicted octanol–water partition coefficient (Wildman–Crippen LogP) is -0.777. The van der Waals surface area contributed by atoms with Crippen molar-refractivity contribution < 1.29 is 39.0 Å². The molecule has 1 aromatic rings. The van der Waals surface area contributed by atoms with Gasteiger partial charge in [0.15, 0.2) is 34.7 Å². The molecule has 0 spiro atoms. The molecule has 2 fully saturated rings. The van der Waals surface area contributed by atoms with Crippen LogP contribution in [-0.2, 0) is 24.0 Å². The number of allylic oxidation sites excluding steroid dienone is 1. The Labute approximate surface area is 169 Å². The summed E-state index contributed by atoms with van der Waals surface area (Å²) in [7, 11) is 0. The molecule has 0 radical (unpaired) electrons. The molecule has 1 aromatic carbocycles. The van der Waals surface area contributed by atoms with Crippen molar-refractivity contribution in [1.29, 1.82) is 0 Å². The summed E-state index contributed by atoms with van der Waals surface area (Å²) in [6, 6.07) is 4.20. The number of Topliss-reactive ketones (excluding diaryl/α,β-unsaturated/α-hetero) is 4. The number of aliphatic hydroxyl groups is 1. The molecule has 4 N–H and O–H groups in total. The van der Waals surface area contributed by atoms with Gasteiger partial charge in [0, 0.05) is 24.2 Å². The fraction of sp³-hybridized carbons (Fsp3) is 0.333. The van der Waals surface area contributed by atoms with E-state index in [-0.39, 0.29) is 16.7 Å². The highest BCUT2D eigenvalue weighted by molar-refractivity contribution is 6.32. The number of benzene rings is 1. The van der Waals surface area contributed by atoms with Crippen molar-refractivity contribution in [2.75, 3.05) is 0 Å². The van der Waals surface area contributed by atoms with Crippen LogP contribution in [0.4, 0.5) is 0 Å². The minimum atomic E-state index is -2.90. The van der Waals surface area contributed by atoms with E-state index in [1.807, 2.05) is 0 Å². The Morgan fingerprint density at radius 3 is 2.47 bits per heavy atom. The van der Waals surface area contributed by atoms with E-state index in [9.17, 15) is 39.0 Å². The number of carbonyl (C=O) groups excluding carboxylic acids is 6. The molecule has 0 bridgehead atoms. The van der Waals surface area contributed by atoms with Crippen LogP contribution in [0.1, 0.15) is 22.3 Å². The fourth-order valence-corrected chi connectivity index (χ4v) is 5.21. The number of phenols is 1. The second-order valence-electron chi connectivity index (χ2n) is 7.91. The first kappa shape index (κ1) is 19.8. The third-order valence-electron chi connectivity index (χ3n) is 6.58. The molecule has 3 aliphatic rings. The fourth-order valence-electron chi connectivity index (χ4n) is 5.21. The van der Waals surface area contributed by atoms with Crippen LogP contribution in [-0.4, -0.2) is 51.1 Å². The summed E-state index contributed by atoms with van der Waals surface area (Å²) in [4.78, 5) is 75.5. The molecule has 9 nitrogen and oxygen atoms in total. The number of ketones is 4. The summed E-state index contributed by atoms with van der Waals surface area (Å²) in [5.41, 5.74) is 2.46. The third-order valence-corrected chi connectivity index (χ3v) is 6.58. The number of primary amides is 1. The SMILES string of the molecule is C=C1c2cccc(O)c2C(=O)C2C(=O)[C@]3(O)C(=O)C(C(N)=O)C(=O)C[C@@H]3[C@@H](C=O)[C@H]12. The minimum Gasteiger partial charge on any atom is -0.507 e. The Kier molecular flexibility index (Phi) is 4.14. The van der Waals surface area contributed by atoms with Crippen LogP contribution in [0.25, 0.3) is 5.57 Å². The van der Waals surface area contributed by atoms with E-state index < -0.39 is 76.4 Å². The van der Waals surface area contributed by atoms with Gasteiger partial charge in [-0.15, -0.1) is 0 Å². The van der Waals surface area contributed by atoms with Crippen LogP contribution >= 0.6 is 0 Å². The number of hydrogen-bond donors (Lipinski definition) is 3. The van der Waals surface area contributed by atoms with E-state index in [2.05, 4.69) is 6.58 Å². The highest BCUT2D eigenvalue weighted by Gasteiger charge is 2.69. The van der Waals surface area contributed by atoms with Gasteiger partial charge in [0.1, 0.15) is 12.0 Å². The minimum absolute atomic E-state index is 0.199. The van der Waals surface area contributed by atoms with Crippen LogP contribution in [0.5, 0.6) is 5.75 Å². The first-order valence-electron chi connectivity index (χ1n) is 9.21. The number of amides is 1. The van der Waals surface area contributed by atoms with Gasteiger partial charge in [0.05, 0.1) is 11.5 Å². The average molecular weight is 411 g/mol. The first-order valence-corrected chi connectivity index (χ1v) is 9.21. The second-order valence-corrected chi connectivity index (χ2v) is 7.91. The van der Waals surface area contributed by atoms with Crippen LogP contribution in [0.3, 0.4) is 0 Å². The van der Waals surface area contributed by atoms with Gasteiger partial charge in [-0.3, -0.25) is 24.0 Å². The maximum Gasteiger partial charge on any atom is 0.235 e. The maximum absolute atomic E-state index is 13.3. The van der Waals surface area contributed by atoms with Gasteiger partial charge in [0.25, 0.3) is 0 Å². The van der Waals surface area contributed by atoms with Crippen LogP contribution in [0, 0.1) is 29.6 Å². The molecule has 154 valence electrons. The van der Waals surface area contributed by atoms with Crippen molar-refractivity contribution in [2.45, 2.75) is 12.0 Å². The lowest BCUT2D eigenvalue weighted by Crippen LogP contribution is -2.70. The third kappa shape index (κ3) is 2.20. The molecule has 1 amide bonds. The number of phenolic OH excluding ortho intramolecular Hbond substituents is 1. The van der Waals surface area contributed by atoms with Crippen LogP contribution in [0.2, 0.25) is 0 Å². The maximum atomic E-state index is 13.3. The molecule has 0 heterocycles. The van der Waals surface area contributed by atoms with Crippen molar-refractivity contribution in [2.24, 2.45) is 35.3 Å². The van der Waals surface area contributed by atoms with E-state index in [0.717, 1.165) is 0 Å². The molecule has 2 unspecified atom stereocenters. The van der Waals surface area contributed by atoms with E-state index in [0.29, 0.717) is 6.29 Å². The van der Waals surface area contributed by atoms with Gasteiger partial charge in [-0.05, 0) is 17.2 Å². The largest absolute Gasteiger partial charge is 0.507 e. The van der Waals surface area contributed by atoms with Crippen LogP contribution in [0.15, 0.2) is 24.8 Å². The second kappa shape index (κ2) is 6.27. The quantitative estimate of drug-likeness (QED) is 0.420. The first-order chi connectivity index (χ1) is 14.1. The van der Waals surface area contributed by atoms with Crippen molar-refractivity contribution in [3.8, 4) is 5.75 Å². The lowest BCUT2D eigenvalue weighted by atomic mass is 9.49. The number of carbonyl (C=O) groups is 6. The topological polar surface area (TPSA) is 169 Å². The average Bonchev–Trinajstić information content (AvgIpc) is 2.68.